The number of benzene rings is 1. The van der Waals surface area contributed by atoms with Crippen molar-refractivity contribution in [2.75, 3.05) is 26.2 Å². The molecule has 3 rings (SSSR count). The van der Waals surface area contributed by atoms with E-state index < -0.39 is 0 Å². The minimum atomic E-state index is 0. The first kappa shape index (κ1) is 22.9. The van der Waals surface area contributed by atoms with Crippen LogP contribution in [0.15, 0.2) is 23.2 Å². The summed E-state index contributed by atoms with van der Waals surface area (Å²) >= 11 is 1.80. The Kier molecular flexibility index (Phi) is 9.50. The van der Waals surface area contributed by atoms with E-state index >= 15 is 0 Å². The second kappa shape index (κ2) is 11.6. The largest absolute Gasteiger partial charge is 0.493 e. The first-order valence-electron chi connectivity index (χ1n) is 9.91. The number of guanidine groups is 1. The third kappa shape index (κ3) is 6.34. The summed E-state index contributed by atoms with van der Waals surface area (Å²) in [6.07, 6.45) is 3.90. The van der Waals surface area contributed by atoms with Crippen molar-refractivity contribution in [3.05, 3.63) is 44.9 Å². The average Bonchev–Trinajstić information content (AvgIpc) is 3.27. The van der Waals surface area contributed by atoms with E-state index in [1.807, 2.05) is 0 Å². The maximum Gasteiger partial charge on any atom is 0.191 e. The number of thiazole rings is 1. The number of nitrogens with one attached hydrogen (secondary N) is 2. The zero-order valence-corrected chi connectivity index (χ0v) is 20.2. The molecule has 2 heterocycles. The number of nitrogens with zero attached hydrogens (tertiary/aromatic N) is 2. The Bertz CT molecular complexity index is 791. The van der Waals surface area contributed by atoms with Crippen molar-refractivity contribution in [2.24, 2.45) is 4.99 Å². The molecule has 0 aliphatic carbocycles. The number of hydrogen-bond donors (Lipinski definition) is 2. The molecular weight excluding hydrogens is 483 g/mol. The SMILES string of the molecule is CCNC(=NCCc1nc(CC)c(C)s1)NCCc1ccc2c(c1)CCO2.I. The normalized spacial score (nSPS) is 12.9. The molecule has 5 nitrogen and oxygen atoms in total. The van der Waals surface area contributed by atoms with Crippen LogP contribution in [0, 0.1) is 6.92 Å². The van der Waals surface area contributed by atoms with Crippen LogP contribution in [0.1, 0.15) is 40.6 Å². The molecule has 0 spiro atoms. The zero-order valence-electron chi connectivity index (χ0n) is 17.0. The molecular formula is C21H31IN4OS. The van der Waals surface area contributed by atoms with E-state index in [9.17, 15) is 0 Å². The number of fused-ring (bicyclic) bond motifs is 1. The molecule has 1 aromatic heterocycles. The lowest BCUT2D eigenvalue weighted by atomic mass is 10.1. The van der Waals surface area contributed by atoms with Gasteiger partial charge in [-0.2, -0.15) is 0 Å². The summed E-state index contributed by atoms with van der Waals surface area (Å²) in [5, 5.41) is 7.95. The second-order valence-corrected chi connectivity index (χ2v) is 7.98. The molecule has 0 bridgehead atoms. The van der Waals surface area contributed by atoms with Gasteiger partial charge in [-0.15, -0.1) is 35.3 Å². The van der Waals surface area contributed by atoms with Crippen molar-refractivity contribution in [3.63, 3.8) is 0 Å². The molecule has 0 saturated carbocycles. The van der Waals surface area contributed by atoms with Crippen LogP contribution in [0.3, 0.4) is 0 Å². The number of aromatic nitrogens is 1. The summed E-state index contributed by atoms with van der Waals surface area (Å²) < 4.78 is 5.58. The van der Waals surface area contributed by atoms with Gasteiger partial charge in [0, 0.05) is 37.4 Å². The topological polar surface area (TPSA) is 58.5 Å². The van der Waals surface area contributed by atoms with Gasteiger partial charge < -0.3 is 15.4 Å². The summed E-state index contributed by atoms with van der Waals surface area (Å²) in [6.45, 7) is 9.69. The minimum absolute atomic E-state index is 0. The highest BCUT2D eigenvalue weighted by Crippen LogP contribution is 2.25. The first-order valence-corrected chi connectivity index (χ1v) is 10.7. The van der Waals surface area contributed by atoms with E-state index in [0.717, 1.165) is 63.6 Å². The fourth-order valence-corrected chi connectivity index (χ4v) is 4.26. The van der Waals surface area contributed by atoms with Crippen LogP contribution < -0.4 is 15.4 Å². The van der Waals surface area contributed by atoms with Gasteiger partial charge in [0.25, 0.3) is 0 Å². The summed E-state index contributed by atoms with van der Waals surface area (Å²) in [5.41, 5.74) is 3.90. The first-order chi connectivity index (χ1) is 13.2. The molecule has 0 fully saturated rings. The Hall–Kier alpha value is -1.35. The number of ether oxygens (including phenoxy) is 1. The Balaban J connectivity index is 0.00000280. The summed E-state index contributed by atoms with van der Waals surface area (Å²) in [4.78, 5) is 10.7. The van der Waals surface area contributed by atoms with Crippen molar-refractivity contribution >= 4 is 41.3 Å². The van der Waals surface area contributed by atoms with E-state index in [0.29, 0.717) is 0 Å². The van der Waals surface area contributed by atoms with Gasteiger partial charge in [0.05, 0.1) is 17.3 Å². The molecule has 0 atom stereocenters. The molecule has 1 aliphatic rings. The number of aliphatic imine (C=N–C) groups is 1. The van der Waals surface area contributed by atoms with E-state index in [4.69, 9.17) is 14.7 Å². The van der Waals surface area contributed by atoms with Gasteiger partial charge in [-0.25, -0.2) is 4.98 Å². The Morgan fingerprint density at radius 1 is 1.25 bits per heavy atom. The highest BCUT2D eigenvalue weighted by Gasteiger charge is 2.11. The molecule has 0 radical (unpaired) electrons. The van der Waals surface area contributed by atoms with Crippen LogP contribution in [0.25, 0.3) is 0 Å². The Morgan fingerprint density at radius 3 is 2.86 bits per heavy atom. The standard InChI is InChI=1S/C21H30N4OS.HI/c1-4-18-15(3)27-20(25-18)9-12-24-21(22-5-2)23-11-8-16-6-7-19-17(14-16)10-13-26-19;/h6-7,14H,4-5,8-13H2,1-3H3,(H2,22,23,24);1H. The zero-order chi connectivity index (χ0) is 19.1. The van der Waals surface area contributed by atoms with Crippen molar-refractivity contribution in [1.82, 2.24) is 15.6 Å². The number of aryl methyl sites for hydroxylation is 2. The summed E-state index contributed by atoms with van der Waals surface area (Å²) in [6, 6.07) is 6.52. The quantitative estimate of drug-likeness (QED) is 0.319. The van der Waals surface area contributed by atoms with Gasteiger partial charge in [0.1, 0.15) is 5.75 Å². The molecule has 7 heteroatoms. The summed E-state index contributed by atoms with van der Waals surface area (Å²) in [5.74, 6) is 1.93. The predicted molar refractivity (Wildman–Crippen MR) is 129 cm³/mol. The van der Waals surface area contributed by atoms with Gasteiger partial charge in [-0.1, -0.05) is 19.1 Å². The summed E-state index contributed by atoms with van der Waals surface area (Å²) in [7, 11) is 0. The second-order valence-electron chi connectivity index (χ2n) is 6.69. The molecule has 2 aromatic rings. The molecule has 0 amide bonds. The number of halogens is 1. The van der Waals surface area contributed by atoms with E-state index in [1.165, 1.54) is 26.7 Å². The maximum atomic E-state index is 5.58. The van der Waals surface area contributed by atoms with Crippen LogP contribution >= 0.6 is 35.3 Å². The molecule has 28 heavy (non-hydrogen) atoms. The highest BCUT2D eigenvalue weighted by molar-refractivity contribution is 14.0. The molecule has 154 valence electrons. The van der Waals surface area contributed by atoms with Crippen molar-refractivity contribution in [3.8, 4) is 5.75 Å². The van der Waals surface area contributed by atoms with E-state index in [1.54, 1.807) is 11.3 Å². The fraction of sp³-hybridized carbons (Fsp3) is 0.524. The van der Waals surface area contributed by atoms with Gasteiger partial charge in [0.2, 0.25) is 0 Å². The Labute approximate surface area is 189 Å². The van der Waals surface area contributed by atoms with Crippen LogP contribution in [0.5, 0.6) is 5.75 Å². The van der Waals surface area contributed by atoms with Crippen molar-refractivity contribution in [1.29, 1.82) is 0 Å². The average molecular weight is 514 g/mol. The minimum Gasteiger partial charge on any atom is -0.493 e. The van der Waals surface area contributed by atoms with Crippen molar-refractivity contribution in [2.45, 2.75) is 46.5 Å². The van der Waals surface area contributed by atoms with Gasteiger partial charge in [-0.3, -0.25) is 4.99 Å². The van der Waals surface area contributed by atoms with Crippen LogP contribution in [0.4, 0.5) is 0 Å². The molecule has 0 unspecified atom stereocenters. The van der Waals surface area contributed by atoms with E-state index in [2.05, 4.69) is 49.6 Å². The van der Waals surface area contributed by atoms with Crippen LogP contribution in [-0.2, 0) is 25.7 Å². The Morgan fingerprint density at radius 2 is 2.11 bits per heavy atom. The number of rotatable bonds is 8. The van der Waals surface area contributed by atoms with Crippen molar-refractivity contribution < 1.29 is 4.74 Å². The monoisotopic (exact) mass is 514 g/mol. The molecule has 1 aromatic carbocycles. The van der Waals surface area contributed by atoms with Gasteiger partial charge in [-0.05, 0) is 43.9 Å². The molecule has 2 N–H and O–H groups in total. The molecule has 0 saturated heterocycles. The number of hydrogen-bond acceptors (Lipinski definition) is 4. The maximum absolute atomic E-state index is 5.58. The van der Waals surface area contributed by atoms with Crippen LogP contribution in [-0.4, -0.2) is 37.2 Å². The third-order valence-corrected chi connectivity index (χ3v) is 5.74. The van der Waals surface area contributed by atoms with Crippen LogP contribution in [0.2, 0.25) is 0 Å². The predicted octanol–water partition coefficient (Wildman–Crippen LogP) is 3.91. The van der Waals surface area contributed by atoms with Gasteiger partial charge in [0.15, 0.2) is 5.96 Å². The lowest BCUT2D eigenvalue weighted by Gasteiger charge is -2.11. The smallest absolute Gasteiger partial charge is 0.191 e. The van der Waals surface area contributed by atoms with Gasteiger partial charge >= 0.3 is 0 Å². The third-order valence-electron chi connectivity index (χ3n) is 4.67. The van der Waals surface area contributed by atoms with E-state index in [-0.39, 0.29) is 24.0 Å². The lowest BCUT2D eigenvalue weighted by molar-refractivity contribution is 0.357. The fourth-order valence-electron chi connectivity index (χ4n) is 3.25. The highest BCUT2D eigenvalue weighted by atomic mass is 127. The molecule has 1 aliphatic heterocycles. The lowest BCUT2D eigenvalue weighted by Crippen LogP contribution is -2.38.